The Morgan fingerprint density at radius 1 is 1.29 bits per heavy atom. The number of ether oxygens (including phenoxy) is 1. The highest BCUT2D eigenvalue weighted by atomic mass is 32.2. The maximum atomic E-state index is 12.9. The van der Waals surface area contributed by atoms with Crippen molar-refractivity contribution in [2.24, 2.45) is 0 Å². The van der Waals surface area contributed by atoms with E-state index in [2.05, 4.69) is 12.0 Å². The summed E-state index contributed by atoms with van der Waals surface area (Å²) in [5, 5.41) is 4.21. The van der Waals surface area contributed by atoms with Gasteiger partial charge in [-0.05, 0) is 25.5 Å². The maximum absolute atomic E-state index is 12.9. The van der Waals surface area contributed by atoms with Crippen LogP contribution < -0.4 is 0 Å². The molecule has 1 unspecified atom stereocenters. The van der Waals surface area contributed by atoms with E-state index in [-0.39, 0.29) is 11.0 Å². The molecule has 3 rings (SSSR count). The van der Waals surface area contributed by atoms with E-state index in [1.165, 1.54) is 10.5 Å². The van der Waals surface area contributed by atoms with Crippen LogP contribution in [-0.4, -0.2) is 48.3 Å². The van der Waals surface area contributed by atoms with Gasteiger partial charge in [0.25, 0.3) is 0 Å². The lowest BCUT2D eigenvalue weighted by atomic mass is 10.2. The molecule has 2 heterocycles. The first-order valence-electron chi connectivity index (χ1n) is 8.24. The van der Waals surface area contributed by atoms with E-state index in [1.54, 1.807) is 10.9 Å². The first-order valence-corrected chi connectivity index (χ1v) is 9.68. The highest BCUT2D eigenvalue weighted by Gasteiger charge is 2.31. The fourth-order valence-corrected chi connectivity index (χ4v) is 4.22. The van der Waals surface area contributed by atoms with E-state index in [4.69, 9.17) is 4.74 Å². The summed E-state index contributed by atoms with van der Waals surface area (Å²) in [5.74, 6) is 0. The summed E-state index contributed by atoms with van der Waals surface area (Å²) in [6.07, 6.45) is 4.81. The summed E-state index contributed by atoms with van der Waals surface area (Å²) < 4.78 is 34.4. The normalized spacial score (nSPS) is 19.5. The molecule has 2 aromatic rings. The second kappa shape index (κ2) is 7.04. The van der Waals surface area contributed by atoms with Crippen molar-refractivity contribution in [1.82, 2.24) is 14.1 Å². The molecule has 0 N–H and O–H groups in total. The molecule has 6 nitrogen and oxygen atoms in total. The van der Waals surface area contributed by atoms with Crippen LogP contribution >= 0.6 is 0 Å². The Bertz CT molecular complexity index is 782. The molecule has 0 radical (unpaired) electrons. The average molecular weight is 349 g/mol. The van der Waals surface area contributed by atoms with E-state index < -0.39 is 10.0 Å². The number of rotatable bonds is 5. The molecule has 1 aromatic heterocycles. The third kappa shape index (κ3) is 3.53. The zero-order valence-electron chi connectivity index (χ0n) is 14.1. The molecule has 130 valence electrons. The number of aryl methyl sites for hydroxylation is 1. The Kier molecular flexibility index (Phi) is 5.03. The fourth-order valence-electron chi connectivity index (χ4n) is 2.83. The third-order valence-electron chi connectivity index (χ3n) is 4.21. The number of sulfonamides is 1. The summed E-state index contributed by atoms with van der Waals surface area (Å²) in [5.41, 5.74) is 1.99. The third-order valence-corrected chi connectivity index (χ3v) is 6.03. The van der Waals surface area contributed by atoms with Gasteiger partial charge in [-0.1, -0.05) is 31.0 Å². The highest BCUT2D eigenvalue weighted by Crippen LogP contribution is 2.21. The molecule has 0 bridgehead atoms. The van der Waals surface area contributed by atoms with Gasteiger partial charge >= 0.3 is 0 Å². The zero-order chi connectivity index (χ0) is 17.2. The number of benzene rings is 1. The van der Waals surface area contributed by atoms with E-state index in [1.807, 2.05) is 31.2 Å². The molecule has 1 atom stereocenters. The van der Waals surface area contributed by atoms with Crippen molar-refractivity contribution in [3.05, 3.63) is 42.2 Å². The van der Waals surface area contributed by atoms with E-state index >= 15 is 0 Å². The number of hydrogen-bond acceptors (Lipinski definition) is 4. The molecule has 1 fully saturated rings. The first kappa shape index (κ1) is 17.1. The predicted octanol–water partition coefficient (Wildman–Crippen LogP) is 2.37. The summed E-state index contributed by atoms with van der Waals surface area (Å²) in [4.78, 5) is 0.222. The number of nitrogens with zero attached hydrogens (tertiary/aromatic N) is 3. The molecule has 1 aliphatic rings. The summed E-state index contributed by atoms with van der Waals surface area (Å²) in [6, 6.07) is 7.79. The van der Waals surface area contributed by atoms with Crippen molar-refractivity contribution < 1.29 is 13.2 Å². The number of morpholine rings is 1. The van der Waals surface area contributed by atoms with Crippen LogP contribution in [0.25, 0.3) is 5.69 Å². The zero-order valence-corrected chi connectivity index (χ0v) is 14.9. The Morgan fingerprint density at radius 3 is 2.75 bits per heavy atom. The van der Waals surface area contributed by atoms with Gasteiger partial charge in [-0.25, -0.2) is 13.1 Å². The van der Waals surface area contributed by atoms with Gasteiger partial charge in [0.15, 0.2) is 0 Å². The Labute approximate surface area is 143 Å². The quantitative estimate of drug-likeness (QED) is 0.831. The molecule has 0 saturated carbocycles. The van der Waals surface area contributed by atoms with Gasteiger partial charge in [0, 0.05) is 13.1 Å². The maximum Gasteiger partial charge on any atom is 0.246 e. The summed E-state index contributed by atoms with van der Waals surface area (Å²) >= 11 is 0. The predicted molar refractivity (Wildman–Crippen MR) is 91.7 cm³/mol. The summed E-state index contributed by atoms with van der Waals surface area (Å²) in [7, 11) is -3.54. The van der Waals surface area contributed by atoms with Crippen molar-refractivity contribution in [3.8, 4) is 5.69 Å². The average Bonchev–Trinajstić information content (AvgIpc) is 3.07. The van der Waals surface area contributed by atoms with Gasteiger partial charge in [-0.2, -0.15) is 9.40 Å². The molecule has 24 heavy (non-hydrogen) atoms. The highest BCUT2D eigenvalue weighted by molar-refractivity contribution is 7.89. The molecule has 7 heteroatoms. The van der Waals surface area contributed by atoms with Crippen molar-refractivity contribution in [3.63, 3.8) is 0 Å². The molecule has 0 aliphatic carbocycles. The van der Waals surface area contributed by atoms with Crippen molar-refractivity contribution in [1.29, 1.82) is 0 Å². The van der Waals surface area contributed by atoms with E-state index in [0.29, 0.717) is 19.7 Å². The van der Waals surface area contributed by atoms with E-state index in [0.717, 1.165) is 24.1 Å². The van der Waals surface area contributed by atoms with E-state index in [9.17, 15) is 8.42 Å². The second-order valence-electron chi connectivity index (χ2n) is 6.10. The molecule has 1 aromatic carbocycles. The van der Waals surface area contributed by atoms with Gasteiger partial charge in [-0.3, -0.25) is 0 Å². The van der Waals surface area contributed by atoms with Crippen LogP contribution in [0.1, 0.15) is 25.3 Å². The van der Waals surface area contributed by atoms with Gasteiger partial charge in [0.1, 0.15) is 4.90 Å². The monoisotopic (exact) mass is 349 g/mol. The lowest BCUT2D eigenvalue weighted by molar-refractivity contribution is -0.00579. The molecular formula is C17H23N3O3S. The smallest absolute Gasteiger partial charge is 0.246 e. The Hall–Kier alpha value is -1.70. The van der Waals surface area contributed by atoms with Crippen LogP contribution in [0.4, 0.5) is 0 Å². The van der Waals surface area contributed by atoms with Crippen LogP contribution in [0.2, 0.25) is 0 Å². The minimum atomic E-state index is -3.54. The Morgan fingerprint density at radius 2 is 2.04 bits per heavy atom. The fraction of sp³-hybridized carbons (Fsp3) is 0.471. The van der Waals surface area contributed by atoms with Gasteiger partial charge < -0.3 is 4.74 Å². The van der Waals surface area contributed by atoms with Crippen molar-refractivity contribution in [2.75, 3.05) is 19.7 Å². The second-order valence-corrected chi connectivity index (χ2v) is 8.04. The van der Waals surface area contributed by atoms with Gasteiger partial charge in [0.05, 0.1) is 30.8 Å². The molecule has 1 aliphatic heterocycles. The minimum Gasteiger partial charge on any atom is -0.375 e. The van der Waals surface area contributed by atoms with Crippen LogP contribution in [0.3, 0.4) is 0 Å². The number of aromatic nitrogens is 2. The SMILES string of the molecule is CCCC1CN(S(=O)(=O)c2cnn(-c3ccc(C)cc3)c2)CCO1. The lowest BCUT2D eigenvalue weighted by Gasteiger charge is -2.31. The molecule has 0 spiro atoms. The molecule has 0 amide bonds. The molecule has 1 saturated heterocycles. The first-order chi connectivity index (χ1) is 11.5. The lowest BCUT2D eigenvalue weighted by Crippen LogP contribution is -2.45. The Balaban J connectivity index is 1.81. The minimum absolute atomic E-state index is 0.0225. The van der Waals surface area contributed by atoms with Crippen LogP contribution in [-0.2, 0) is 14.8 Å². The standard InChI is InChI=1S/C17H23N3O3S/c1-3-4-16-12-19(9-10-23-16)24(21,22)17-11-18-20(13-17)15-7-5-14(2)6-8-15/h5-8,11,13,16H,3-4,9-10,12H2,1-2H3. The largest absolute Gasteiger partial charge is 0.375 e. The van der Waals surface area contributed by atoms with Gasteiger partial charge in [-0.15, -0.1) is 0 Å². The van der Waals surface area contributed by atoms with Crippen molar-refractivity contribution in [2.45, 2.75) is 37.7 Å². The number of hydrogen-bond donors (Lipinski definition) is 0. The van der Waals surface area contributed by atoms with Crippen LogP contribution in [0.15, 0.2) is 41.6 Å². The topological polar surface area (TPSA) is 64.4 Å². The van der Waals surface area contributed by atoms with Crippen LogP contribution in [0.5, 0.6) is 0 Å². The summed E-state index contributed by atoms with van der Waals surface area (Å²) in [6.45, 7) is 5.32. The van der Waals surface area contributed by atoms with Crippen LogP contribution in [0, 0.1) is 6.92 Å². The van der Waals surface area contributed by atoms with Crippen molar-refractivity contribution >= 4 is 10.0 Å². The molecular weight excluding hydrogens is 326 g/mol. The van der Waals surface area contributed by atoms with Gasteiger partial charge in [0.2, 0.25) is 10.0 Å².